The van der Waals surface area contributed by atoms with Crippen LogP contribution in [0.4, 0.5) is 5.13 Å². The third-order valence-electron chi connectivity index (χ3n) is 3.02. The molecule has 0 bridgehead atoms. The molecule has 0 atom stereocenters. The summed E-state index contributed by atoms with van der Waals surface area (Å²) in [6.45, 7) is 0. The fourth-order valence-corrected chi connectivity index (χ4v) is 2.80. The Hall–Kier alpha value is -2.19. The summed E-state index contributed by atoms with van der Waals surface area (Å²) in [7, 11) is 1.60. The first kappa shape index (κ1) is 16.2. The maximum absolute atomic E-state index is 11.8. The highest BCUT2D eigenvalue weighted by atomic mass is 32.1. The van der Waals surface area contributed by atoms with Gasteiger partial charge in [-0.1, -0.05) is 11.3 Å². The highest BCUT2D eigenvalue weighted by molar-refractivity contribution is 7.22. The Kier molecular flexibility index (Phi) is 5.68. The number of aromatic nitrogens is 1. The van der Waals surface area contributed by atoms with Gasteiger partial charge < -0.3 is 10.1 Å². The molecule has 3 N–H and O–H groups in total. The number of nitrogens with zero attached hydrogens (tertiary/aromatic N) is 1. The summed E-state index contributed by atoms with van der Waals surface area (Å²) in [5.74, 6) is 0.159. The van der Waals surface area contributed by atoms with Crippen molar-refractivity contribution in [2.24, 2.45) is 0 Å². The van der Waals surface area contributed by atoms with Crippen LogP contribution >= 0.6 is 11.3 Å². The zero-order chi connectivity index (χ0) is 15.9. The number of thiazole rings is 1. The summed E-state index contributed by atoms with van der Waals surface area (Å²) in [6, 6.07) is 5.53. The molecule has 0 aliphatic heterocycles. The smallest absolute Gasteiger partial charge is 0.243 e. The van der Waals surface area contributed by atoms with Gasteiger partial charge in [-0.15, -0.1) is 0 Å². The third kappa shape index (κ3) is 4.40. The first-order valence-corrected chi connectivity index (χ1v) is 7.61. The molecule has 2 amide bonds. The van der Waals surface area contributed by atoms with E-state index in [4.69, 9.17) is 9.94 Å². The molecule has 7 nitrogen and oxygen atoms in total. The van der Waals surface area contributed by atoms with E-state index in [1.807, 2.05) is 18.2 Å². The molecule has 1 aromatic carbocycles. The highest BCUT2D eigenvalue weighted by Gasteiger charge is 2.09. The zero-order valence-corrected chi connectivity index (χ0v) is 12.9. The fourth-order valence-electron chi connectivity index (χ4n) is 1.89. The Morgan fingerprint density at radius 3 is 2.68 bits per heavy atom. The molecule has 1 heterocycles. The molecular formula is C14H17N3O4S. The van der Waals surface area contributed by atoms with E-state index in [0.29, 0.717) is 24.4 Å². The molecule has 0 aliphatic carbocycles. The number of hydroxylamine groups is 1. The average molecular weight is 323 g/mol. The second kappa shape index (κ2) is 7.71. The monoisotopic (exact) mass is 323 g/mol. The molecule has 0 saturated carbocycles. The molecule has 0 unspecified atom stereocenters. The van der Waals surface area contributed by atoms with Gasteiger partial charge in [0.15, 0.2) is 5.13 Å². The Labute approximate surface area is 131 Å². The van der Waals surface area contributed by atoms with E-state index in [-0.39, 0.29) is 12.3 Å². The zero-order valence-electron chi connectivity index (χ0n) is 12.1. The summed E-state index contributed by atoms with van der Waals surface area (Å²) in [6.07, 6.45) is 1.61. The number of carbonyl (C=O) groups is 2. The lowest BCUT2D eigenvalue weighted by Gasteiger charge is -2.01. The van der Waals surface area contributed by atoms with Gasteiger partial charge in [0.05, 0.1) is 17.3 Å². The molecular weight excluding hydrogens is 306 g/mol. The Morgan fingerprint density at radius 2 is 2.00 bits per heavy atom. The van der Waals surface area contributed by atoms with Crippen LogP contribution in [0.5, 0.6) is 5.75 Å². The Morgan fingerprint density at radius 1 is 1.27 bits per heavy atom. The largest absolute Gasteiger partial charge is 0.497 e. The summed E-state index contributed by atoms with van der Waals surface area (Å²) in [5.41, 5.74) is 2.37. The number of benzene rings is 1. The third-order valence-corrected chi connectivity index (χ3v) is 3.96. The summed E-state index contributed by atoms with van der Waals surface area (Å²) in [4.78, 5) is 27.0. The SMILES string of the molecule is COc1ccc2nc(NC(=O)CCCCC(=O)NO)sc2c1. The lowest BCUT2D eigenvalue weighted by atomic mass is 10.2. The second-order valence-corrected chi connectivity index (χ2v) is 5.67. The first-order valence-electron chi connectivity index (χ1n) is 6.79. The minimum atomic E-state index is -0.444. The van der Waals surface area contributed by atoms with Crippen LogP contribution in [0.25, 0.3) is 10.2 Å². The van der Waals surface area contributed by atoms with E-state index >= 15 is 0 Å². The number of nitrogens with one attached hydrogen (secondary N) is 2. The maximum Gasteiger partial charge on any atom is 0.243 e. The first-order chi connectivity index (χ1) is 10.6. The highest BCUT2D eigenvalue weighted by Crippen LogP contribution is 2.29. The summed E-state index contributed by atoms with van der Waals surface area (Å²) >= 11 is 1.38. The van der Waals surface area contributed by atoms with Crippen molar-refractivity contribution in [3.05, 3.63) is 18.2 Å². The molecule has 8 heteroatoms. The van der Waals surface area contributed by atoms with Gasteiger partial charge in [0.25, 0.3) is 0 Å². The van der Waals surface area contributed by atoms with Crippen LogP contribution in [-0.2, 0) is 9.59 Å². The topological polar surface area (TPSA) is 101 Å². The van der Waals surface area contributed by atoms with E-state index < -0.39 is 5.91 Å². The van der Waals surface area contributed by atoms with Gasteiger partial charge in [-0.25, -0.2) is 10.5 Å². The van der Waals surface area contributed by atoms with Crippen LogP contribution in [0, 0.1) is 0 Å². The van der Waals surface area contributed by atoms with Crippen LogP contribution in [0.1, 0.15) is 25.7 Å². The number of unbranched alkanes of at least 4 members (excludes halogenated alkanes) is 1. The number of fused-ring (bicyclic) bond motifs is 1. The van der Waals surface area contributed by atoms with Crippen molar-refractivity contribution in [3.63, 3.8) is 0 Å². The van der Waals surface area contributed by atoms with Crippen molar-refractivity contribution in [3.8, 4) is 5.75 Å². The predicted octanol–water partition coefficient (Wildman–Crippen LogP) is 2.31. The molecule has 22 heavy (non-hydrogen) atoms. The predicted molar refractivity (Wildman–Crippen MR) is 83.2 cm³/mol. The van der Waals surface area contributed by atoms with Crippen molar-refractivity contribution >= 4 is 38.5 Å². The molecule has 0 spiro atoms. The Balaban J connectivity index is 1.85. The van der Waals surface area contributed by atoms with Crippen LogP contribution in [0.3, 0.4) is 0 Å². The molecule has 118 valence electrons. The quantitative estimate of drug-likeness (QED) is 0.412. The molecule has 0 aliphatic rings. The molecule has 0 fully saturated rings. The Bertz CT molecular complexity index is 671. The minimum Gasteiger partial charge on any atom is -0.497 e. The number of hydrogen-bond donors (Lipinski definition) is 3. The van der Waals surface area contributed by atoms with Crippen LogP contribution < -0.4 is 15.5 Å². The number of hydrogen-bond acceptors (Lipinski definition) is 6. The number of anilines is 1. The normalized spacial score (nSPS) is 10.5. The number of carbonyl (C=O) groups excluding carboxylic acids is 2. The van der Waals surface area contributed by atoms with E-state index in [9.17, 15) is 9.59 Å². The van der Waals surface area contributed by atoms with E-state index in [1.165, 1.54) is 11.3 Å². The lowest BCUT2D eigenvalue weighted by molar-refractivity contribution is -0.129. The van der Waals surface area contributed by atoms with E-state index in [2.05, 4.69) is 10.3 Å². The van der Waals surface area contributed by atoms with Crippen LogP contribution in [-0.4, -0.2) is 29.1 Å². The maximum atomic E-state index is 11.8. The molecule has 2 aromatic rings. The second-order valence-electron chi connectivity index (χ2n) is 4.64. The fraction of sp³-hybridized carbons (Fsp3) is 0.357. The van der Waals surface area contributed by atoms with Gasteiger partial charge in [-0.3, -0.25) is 14.8 Å². The van der Waals surface area contributed by atoms with Crippen molar-refractivity contribution in [2.75, 3.05) is 12.4 Å². The van der Waals surface area contributed by atoms with Crippen molar-refractivity contribution in [1.29, 1.82) is 0 Å². The number of ether oxygens (including phenoxy) is 1. The molecule has 0 radical (unpaired) electrons. The van der Waals surface area contributed by atoms with Crippen LogP contribution in [0.15, 0.2) is 18.2 Å². The summed E-state index contributed by atoms with van der Waals surface area (Å²) < 4.78 is 6.09. The van der Waals surface area contributed by atoms with Gasteiger partial charge in [0, 0.05) is 12.8 Å². The molecule has 1 aromatic heterocycles. The van der Waals surface area contributed by atoms with Gasteiger partial charge in [-0.2, -0.15) is 0 Å². The summed E-state index contributed by atoms with van der Waals surface area (Å²) in [5, 5.41) is 11.6. The van der Waals surface area contributed by atoms with Gasteiger partial charge >= 0.3 is 0 Å². The average Bonchev–Trinajstić information content (AvgIpc) is 2.92. The van der Waals surface area contributed by atoms with Crippen molar-refractivity contribution in [1.82, 2.24) is 10.5 Å². The van der Waals surface area contributed by atoms with Crippen LogP contribution in [0.2, 0.25) is 0 Å². The van der Waals surface area contributed by atoms with Crippen molar-refractivity contribution < 1.29 is 19.5 Å². The van der Waals surface area contributed by atoms with Gasteiger partial charge in [-0.05, 0) is 31.0 Å². The van der Waals surface area contributed by atoms with Gasteiger partial charge in [0.2, 0.25) is 11.8 Å². The van der Waals surface area contributed by atoms with Gasteiger partial charge in [0.1, 0.15) is 5.75 Å². The lowest BCUT2D eigenvalue weighted by Crippen LogP contribution is -2.18. The molecule has 2 rings (SSSR count). The van der Waals surface area contributed by atoms with E-state index in [1.54, 1.807) is 12.6 Å². The number of rotatable bonds is 7. The number of methoxy groups -OCH3 is 1. The molecule has 0 saturated heterocycles. The van der Waals surface area contributed by atoms with Crippen molar-refractivity contribution in [2.45, 2.75) is 25.7 Å². The standard InChI is InChI=1S/C14H17N3O4S/c1-21-9-6-7-10-11(8-9)22-14(15-10)16-12(18)4-2-3-5-13(19)17-20/h6-8,20H,2-5H2,1H3,(H,17,19)(H,15,16,18). The van der Waals surface area contributed by atoms with E-state index in [0.717, 1.165) is 16.0 Å². The minimum absolute atomic E-state index is 0.143. The number of amides is 2.